The smallest absolute Gasteiger partial charge is 0.221 e. The Bertz CT molecular complexity index is 582. The molecule has 18 heavy (non-hydrogen) atoms. The lowest BCUT2D eigenvalue weighted by molar-refractivity contribution is 0.374. The molecule has 2 rings (SSSR count). The molecule has 2 heterocycles. The van der Waals surface area contributed by atoms with Crippen LogP contribution in [0.15, 0.2) is 19.0 Å². The number of nitrogens with zero attached hydrogens (tertiary/aromatic N) is 4. The number of nitrogens with two attached hydrogens (primary N) is 1. The molecule has 0 unspecified atom stereocenters. The van der Waals surface area contributed by atoms with Crippen LogP contribution >= 0.6 is 0 Å². The van der Waals surface area contributed by atoms with Crippen LogP contribution in [0.25, 0.3) is 11.3 Å². The van der Waals surface area contributed by atoms with E-state index in [-0.39, 0.29) is 0 Å². The number of allylic oxidation sites excluding steroid dienone is 1. The van der Waals surface area contributed by atoms with Crippen LogP contribution in [0, 0.1) is 6.92 Å². The van der Waals surface area contributed by atoms with E-state index >= 15 is 0 Å². The van der Waals surface area contributed by atoms with Crippen molar-refractivity contribution in [2.24, 2.45) is 7.05 Å². The van der Waals surface area contributed by atoms with Crippen LogP contribution in [0.1, 0.15) is 5.69 Å². The molecule has 0 spiro atoms. The van der Waals surface area contributed by atoms with Crippen molar-refractivity contribution < 1.29 is 4.74 Å². The lowest BCUT2D eigenvalue weighted by Gasteiger charge is -2.05. The van der Waals surface area contributed by atoms with E-state index in [9.17, 15) is 0 Å². The number of imidazole rings is 1. The highest BCUT2D eigenvalue weighted by Gasteiger charge is 2.21. The molecule has 0 aliphatic heterocycles. The number of rotatable bonds is 4. The molecule has 2 aromatic rings. The SMILES string of the molecule is C=CCn1cnc(-c2c(C)nn(C)c2OC)c1N. The Morgan fingerprint density at radius 2 is 2.28 bits per heavy atom. The van der Waals surface area contributed by atoms with Gasteiger partial charge in [-0.1, -0.05) is 6.08 Å². The summed E-state index contributed by atoms with van der Waals surface area (Å²) in [6, 6.07) is 0. The zero-order valence-corrected chi connectivity index (χ0v) is 10.8. The highest BCUT2D eigenvalue weighted by molar-refractivity contribution is 5.76. The molecular weight excluding hydrogens is 230 g/mol. The molecule has 2 N–H and O–H groups in total. The standard InChI is InChI=1S/C12H17N5O/c1-5-6-17-7-14-10(11(17)13)9-8(2)15-16(3)12(9)18-4/h5,7H,1,6,13H2,2-4H3. The van der Waals surface area contributed by atoms with Crippen LogP contribution < -0.4 is 10.5 Å². The van der Waals surface area contributed by atoms with Crippen molar-refractivity contribution >= 4 is 5.82 Å². The minimum Gasteiger partial charge on any atom is -0.481 e. The summed E-state index contributed by atoms with van der Waals surface area (Å²) in [6.07, 6.45) is 3.47. The van der Waals surface area contributed by atoms with Crippen LogP contribution in [0.3, 0.4) is 0 Å². The second kappa shape index (κ2) is 4.56. The van der Waals surface area contributed by atoms with Gasteiger partial charge in [0.1, 0.15) is 11.5 Å². The number of hydrogen-bond acceptors (Lipinski definition) is 4. The van der Waals surface area contributed by atoms with Crippen LogP contribution in [0.2, 0.25) is 0 Å². The molecule has 0 aliphatic rings. The van der Waals surface area contributed by atoms with Gasteiger partial charge in [0.2, 0.25) is 5.88 Å². The van der Waals surface area contributed by atoms with E-state index in [0.29, 0.717) is 23.9 Å². The molecular formula is C12H17N5O. The first-order valence-electron chi connectivity index (χ1n) is 5.59. The van der Waals surface area contributed by atoms with Crippen LogP contribution in [-0.2, 0) is 13.6 Å². The monoisotopic (exact) mass is 247 g/mol. The third-order valence-corrected chi connectivity index (χ3v) is 2.80. The fourth-order valence-electron chi connectivity index (χ4n) is 2.01. The summed E-state index contributed by atoms with van der Waals surface area (Å²) in [4.78, 5) is 4.34. The minimum absolute atomic E-state index is 0.587. The van der Waals surface area contributed by atoms with E-state index in [1.807, 2.05) is 18.5 Å². The lowest BCUT2D eigenvalue weighted by Crippen LogP contribution is -2.01. The second-order valence-corrected chi connectivity index (χ2v) is 4.01. The number of anilines is 1. The van der Waals surface area contributed by atoms with E-state index in [1.54, 1.807) is 24.2 Å². The fraction of sp³-hybridized carbons (Fsp3) is 0.333. The van der Waals surface area contributed by atoms with Crippen molar-refractivity contribution in [2.75, 3.05) is 12.8 Å². The van der Waals surface area contributed by atoms with Gasteiger partial charge in [-0.3, -0.25) is 0 Å². The van der Waals surface area contributed by atoms with Gasteiger partial charge in [0.05, 0.1) is 24.7 Å². The Hall–Kier alpha value is -2.24. The van der Waals surface area contributed by atoms with Gasteiger partial charge in [0.15, 0.2) is 0 Å². The molecule has 0 bridgehead atoms. The molecule has 0 atom stereocenters. The molecule has 0 amide bonds. The van der Waals surface area contributed by atoms with Gasteiger partial charge >= 0.3 is 0 Å². The summed E-state index contributed by atoms with van der Waals surface area (Å²) in [5.41, 5.74) is 8.45. The van der Waals surface area contributed by atoms with Gasteiger partial charge in [0, 0.05) is 13.6 Å². The zero-order chi connectivity index (χ0) is 13.3. The third kappa shape index (κ3) is 1.75. The summed E-state index contributed by atoms with van der Waals surface area (Å²) < 4.78 is 8.86. The summed E-state index contributed by atoms with van der Waals surface area (Å²) in [5.74, 6) is 1.24. The third-order valence-electron chi connectivity index (χ3n) is 2.80. The summed E-state index contributed by atoms with van der Waals surface area (Å²) in [7, 11) is 3.43. The first-order valence-corrected chi connectivity index (χ1v) is 5.59. The highest BCUT2D eigenvalue weighted by Crippen LogP contribution is 2.34. The number of ether oxygens (including phenoxy) is 1. The molecule has 0 radical (unpaired) electrons. The van der Waals surface area contributed by atoms with Gasteiger partial charge in [0.25, 0.3) is 0 Å². The first kappa shape index (κ1) is 12.2. The van der Waals surface area contributed by atoms with Crippen molar-refractivity contribution in [2.45, 2.75) is 13.5 Å². The van der Waals surface area contributed by atoms with Crippen molar-refractivity contribution in [1.29, 1.82) is 0 Å². The molecule has 0 aromatic carbocycles. The molecule has 0 fully saturated rings. The van der Waals surface area contributed by atoms with Crippen LogP contribution in [0.5, 0.6) is 5.88 Å². The van der Waals surface area contributed by atoms with Crippen molar-refractivity contribution in [1.82, 2.24) is 19.3 Å². The summed E-state index contributed by atoms with van der Waals surface area (Å²) in [5, 5.41) is 4.32. The molecule has 0 aliphatic carbocycles. The Morgan fingerprint density at radius 3 is 2.89 bits per heavy atom. The van der Waals surface area contributed by atoms with Crippen molar-refractivity contribution in [3.8, 4) is 17.1 Å². The maximum Gasteiger partial charge on any atom is 0.221 e. The Balaban J connectivity index is 2.58. The molecule has 0 saturated carbocycles. The van der Waals surface area contributed by atoms with E-state index in [2.05, 4.69) is 16.7 Å². The molecule has 0 saturated heterocycles. The number of methoxy groups -OCH3 is 1. The zero-order valence-electron chi connectivity index (χ0n) is 10.8. The maximum atomic E-state index is 6.08. The average Bonchev–Trinajstić information content (AvgIpc) is 2.81. The molecule has 96 valence electrons. The normalized spacial score (nSPS) is 10.6. The van der Waals surface area contributed by atoms with Crippen molar-refractivity contribution in [3.05, 3.63) is 24.7 Å². The molecule has 2 aromatic heterocycles. The molecule has 6 nitrogen and oxygen atoms in total. The van der Waals surface area contributed by atoms with Gasteiger partial charge < -0.3 is 15.0 Å². The summed E-state index contributed by atoms with van der Waals surface area (Å²) in [6.45, 7) is 6.22. The highest BCUT2D eigenvalue weighted by atomic mass is 16.5. The number of nitrogen functional groups attached to an aromatic ring is 1. The number of aryl methyl sites for hydroxylation is 2. The Morgan fingerprint density at radius 1 is 1.56 bits per heavy atom. The topological polar surface area (TPSA) is 70.9 Å². The fourth-order valence-corrected chi connectivity index (χ4v) is 2.01. The van der Waals surface area contributed by atoms with Crippen LogP contribution in [0.4, 0.5) is 5.82 Å². The number of hydrogen-bond donors (Lipinski definition) is 1. The van der Waals surface area contributed by atoms with Gasteiger partial charge in [-0.15, -0.1) is 6.58 Å². The first-order chi connectivity index (χ1) is 8.60. The van der Waals surface area contributed by atoms with Gasteiger partial charge in [-0.05, 0) is 6.92 Å². The van der Waals surface area contributed by atoms with E-state index in [4.69, 9.17) is 10.5 Å². The average molecular weight is 247 g/mol. The van der Waals surface area contributed by atoms with Crippen molar-refractivity contribution in [3.63, 3.8) is 0 Å². The largest absolute Gasteiger partial charge is 0.481 e. The van der Waals surface area contributed by atoms with Gasteiger partial charge in [-0.25, -0.2) is 9.67 Å². The van der Waals surface area contributed by atoms with E-state index < -0.39 is 0 Å². The van der Waals surface area contributed by atoms with Gasteiger partial charge in [-0.2, -0.15) is 5.10 Å². The summed E-state index contributed by atoms with van der Waals surface area (Å²) >= 11 is 0. The second-order valence-electron chi connectivity index (χ2n) is 4.01. The maximum absolute atomic E-state index is 6.08. The van der Waals surface area contributed by atoms with Crippen LogP contribution in [-0.4, -0.2) is 26.4 Å². The predicted octanol–water partition coefficient (Wildman–Crippen LogP) is 1.37. The minimum atomic E-state index is 0.587. The Kier molecular flexibility index (Phi) is 3.10. The van der Waals surface area contributed by atoms with E-state index in [1.165, 1.54) is 0 Å². The number of aromatic nitrogens is 4. The Labute approximate surface area is 106 Å². The van der Waals surface area contributed by atoms with E-state index in [0.717, 1.165) is 11.3 Å². The molecule has 6 heteroatoms. The predicted molar refractivity (Wildman–Crippen MR) is 70.3 cm³/mol. The quantitative estimate of drug-likeness (QED) is 0.828. The lowest BCUT2D eigenvalue weighted by atomic mass is 10.2.